The largest absolute Gasteiger partial charge is 0.433 e. The van der Waals surface area contributed by atoms with Gasteiger partial charge in [-0.05, 0) is 44.2 Å². The summed E-state index contributed by atoms with van der Waals surface area (Å²) in [5, 5.41) is 0. The summed E-state index contributed by atoms with van der Waals surface area (Å²) in [7, 11) is -3.87. The Balaban J connectivity index is 1.99. The topological polar surface area (TPSA) is 103 Å². The van der Waals surface area contributed by atoms with Crippen molar-refractivity contribution in [3.63, 3.8) is 0 Å². The van der Waals surface area contributed by atoms with E-state index in [1.54, 1.807) is 13.8 Å². The Morgan fingerprint density at radius 1 is 1.25 bits per heavy atom. The lowest BCUT2D eigenvalue weighted by Crippen LogP contribution is -2.28. The Morgan fingerprint density at radius 2 is 1.89 bits per heavy atom. The molecule has 0 fully saturated rings. The molecule has 28 heavy (non-hydrogen) atoms. The lowest BCUT2D eigenvalue weighted by Gasteiger charge is -2.16. The third kappa shape index (κ3) is 3.80. The Labute approximate surface area is 159 Å². The van der Waals surface area contributed by atoms with Crippen molar-refractivity contribution >= 4 is 26.7 Å². The van der Waals surface area contributed by atoms with Gasteiger partial charge in [0.25, 0.3) is 0 Å². The van der Waals surface area contributed by atoms with Gasteiger partial charge in [-0.15, -0.1) is 0 Å². The van der Waals surface area contributed by atoms with E-state index in [1.807, 2.05) is 0 Å². The first kappa shape index (κ1) is 20.1. The van der Waals surface area contributed by atoms with Gasteiger partial charge in [-0.2, -0.15) is 13.2 Å². The Bertz CT molecular complexity index is 1110. The second-order valence-electron chi connectivity index (χ2n) is 6.18. The van der Waals surface area contributed by atoms with Crippen molar-refractivity contribution in [3.8, 4) is 0 Å². The highest BCUT2D eigenvalue weighted by atomic mass is 32.2. The SMILES string of the molecule is CCn1c([C@@H](C)NS(=O)(=O)c2ccc(N)cc2)nc2cnc(C(F)(F)F)cc21. The molecule has 0 saturated carbocycles. The number of hydrogen-bond donors (Lipinski definition) is 2. The number of rotatable bonds is 5. The fourth-order valence-electron chi connectivity index (χ4n) is 2.87. The van der Waals surface area contributed by atoms with E-state index < -0.39 is 27.9 Å². The number of sulfonamides is 1. The molecule has 7 nitrogen and oxygen atoms in total. The molecular formula is C17H18F3N5O2S. The van der Waals surface area contributed by atoms with E-state index in [0.717, 1.165) is 12.3 Å². The molecule has 0 bridgehead atoms. The molecule has 11 heteroatoms. The van der Waals surface area contributed by atoms with E-state index >= 15 is 0 Å². The fraction of sp³-hybridized carbons (Fsp3) is 0.294. The van der Waals surface area contributed by atoms with E-state index in [2.05, 4.69) is 14.7 Å². The van der Waals surface area contributed by atoms with E-state index in [9.17, 15) is 21.6 Å². The van der Waals surface area contributed by atoms with E-state index in [4.69, 9.17) is 5.73 Å². The van der Waals surface area contributed by atoms with Gasteiger partial charge in [-0.3, -0.25) is 0 Å². The predicted molar refractivity (Wildman–Crippen MR) is 97.8 cm³/mol. The van der Waals surface area contributed by atoms with Gasteiger partial charge >= 0.3 is 6.18 Å². The number of nitrogens with two attached hydrogens (primary N) is 1. The quantitative estimate of drug-likeness (QED) is 0.626. The second-order valence-corrected chi connectivity index (χ2v) is 7.90. The van der Waals surface area contributed by atoms with E-state index in [1.165, 1.54) is 28.8 Å². The van der Waals surface area contributed by atoms with Crippen molar-refractivity contribution < 1.29 is 21.6 Å². The average Bonchev–Trinajstić information content (AvgIpc) is 2.99. The molecule has 2 heterocycles. The number of hydrogen-bond acceptors (Lipinski definition) is 5. The van der Waals surface area contributed by atoms with Gasteiger partial charge in [0.2, 0.25) is 10.0 Å². The highest BCUT2D eigenvalue weighted by Crippen LogP contribution is 2.30. The van der Waals surface area contributed by atoms with Crippen LogP contribution in [0.15, 0.2) is 41.4 Å². The number of nitrogen functional groups attached to an aromatic ring is 1. The number of aromatic nitrogens is 3. The Hall–Kier alpha value is -2.66. The van der Waals surface area contributed by atoms with Crippen LogP contribution in [-0.2, 0) is 22.7 Å². The normalized spacial score (nSPS) is 13.8. The number of fused-ring (bicyclic) bond motifs is 1. The molecule has 3 N–H and O–H groups in total. The number of halogens is 3. The molecule has 1 atom stereocenters. The molecule has 2 aromatic heterocycles. The van der Waals surface area contributed by atoms with Gasteiger partial charge in [-0.1, -0.05) is 0 Å². The molecule has 3 aromatic rings. The zero-order chi connectivity index (χ0) is 20.7. The molecule has 0 spiro atoms. The summed E-state index contributed by atoms with van der Waals surface area (Å²) in [5.74, 6) is 0.289. The van der Waals surface area contributed by atoms with Crippen LogP contribution in [0.2, 0.25) is 0 Å². The Kier molecular flexibility index (Phi) is 5.06. The first-order valence-electron chi connectivity index (χ1n) is 8.34. The van der Waals surface area contributed by atoms with Gasteiger partial charge in [0.1, 0.15) is 17.0 Å². The van der Waals surface area contributed by atoms with Crippen LogP contribution in [0, 0.1) is 0 Å². The third-order valence-corrected chi connectivity index (χ3v) is 5.74. The van der Waals surface area contributed by atoms with Crippen molar-refractivity contribution in [1.29, 1.82) is 0 Å². The molecule has 0 radical (unpaired) electrons. The van der Waals surface area contributed by atoms with Gasteiger partial charge in [0.05, 0.1) is 22.7 Å². The predicted octanol–water partition coefficient (Wildman–Crippen LogP) is 3.09. The maximum Gasteiger partial charge on any atom is 0.433 e. The second kappa shape index (κ2) is 7.06. The highest BCUT2D eigenvalue weighted by Gasteiger charge is 2.33. The summed E-state index contributed by atoms with van der Waals surface area (Å²) in [4.78, 5) is 7.71. The number of nitrogens with zero attached hydrogens (tertiary/aromatic N) is 3. The standard InChI is InChI=1S/C17H18F3N5O2S/c1-3-25-14-8-15(17(18,19)20)22-9-13(14)23-16(25)10(2)24-28(26,27)12-6-4-11(21)5-7-12/h4-10,24H,3,21H2,1-2H3/t10-/m1/s1. The average molecular weight is 413 g/mol. The van der Waals surface area contributed by atoms with Gasteiger partial charge in [0, 0.05) is 12.2 Å². The van der Waals surface area contributed by atoms with Crippen molar-refractivity contribution in [2.75, 3.05) is 5.73 Å². The van der Waals surface area contributed by atoms with Crippen LogP contribution < -0.4 is 10.5 Å². The van der Waals surface area contributed by atoms with E-state index in [-0.39, 0.29) is 21.8 Å². The maximum atomic E-state index is 13.0. The first-order chi connectivity index (χ1) is 13.0. The van der Waals surface area contributed by atoms with Crippen LogP contribution in [-0.4, -0.2) is 23.0 Å². The monoisotopic (exact) mass is 413 g/mol. The number of pyridine rings is 1. The highest BCUT2D eigenvalue weighted by molar-refractivity contribution is 7.89. The summed E-state index contributed by atoms with van der Waals surface area (Å²) in [5.41, 5.74) is 5.45. The molecule has 0 amide bonds. The third-order valence-electron chi connectivity index (χ3n) is 4.18. The summed E-state index contributed by atoms with van der Waals surface area (Å²) >= 11 is 0. The number of alkyl halides is 3. The minimum absolute atomic E-state index is 0.0220. The number of nitrogens with one attached hydrogen (secondary N) is 1. The summed E-state index contributed by atoms with van der Waals surface area (Å²) in [6.07, 6.45) is -3.55. The molecule has 150 valence electrons. The first-order valence-corrected chi connectivity index (χ1v) is 9.82. The van der Waals surface area contributed by atoms with Gasteiger partial charge < -0.3 is 10.3 Å². The molecule has 0 aliphatic rings. The summed E-state index contributed by atoms with van der Waals surface area (Å²) in [6, 6.07) is 5.79. The zero-order valence-electron chi connectivity index (χ0n) is 15.0. The van der Waals surface area contributed by atoms with Crippen LogP contribution in [0.4, 0.5) is 18.9 Å². The lowest BCUT2D eigenvalue weighted by atomic mass is 10.3. The zero-order valence-corrected chi connectivity index (χ0v) is 15.8. The number of anilines is 1. The smallest absolute Gasteiger partial charge is 0.399 e. The molecule has 0 aliphatic carbocycles. The summed E-state index contributed by atoms with van der Waals surface area (Å²) < 4.78 is 68.1. The Morgan fingerprint density at radius 3 is 2.46 bits per heavy atom. The minimum Gasteiger partial charge on any atom is -0.399 e. The summed E-state index contributed by atoms with van der Waals surface area (Å²) in [6.45, 7) is 3.61. The van der Waals surface area contributed by atoms with Crippen molar-refractivity contribution in [2.24, 2.45) is 0 Å². The van der Waals surface area contributed by atoms with Crippen LogP contribution in [0.1, 0.15) is 31.4 Å². The molecule has 0 saturated heterocycles. The lowest BCUT2D eigenvalue weighted by molar-refractivity contribution is -0.141. The van der Waals surface area contributed by atoms with Crippen LogP contribution in [0.25, 0.3) is 11.0 Å². The molecular weight excluding hydrogens is 395 g/mol. The molecule has 0 unspecified atom stereocenters. The van der Waals surface area contributed by atoms with Crippen LogP contribution in [0.5, 0.6) is 0 Å². The maximum absolute atomic E-state index is 13.0. The van der Waals surface area contributed by atoms with E-state index in [0.29, 0.717) is 12.2 Å². The van der Waals surface area contributed by atoms with Crippen LogP contribution >= 0.6 is 0 Å². The van der Waals surface area contributed by atoms with Crippen molar-refractivity contribution in [1.82, 2.24) is 19.3 Å². The van der Waals surface area contributed by atoms with Gasteiger partial charge in [0.15, 0.2) is 0 Å². The van der Waals surface area contributed by atoms with Crippen molar-refractivity contribution in [3.05, 3.63) is 48.0 Å². The number of aryl methyl sites for hydroxylation is 1. The van der Waals surface area contributed by atoms with Gasteiger partial charge in [-0.25, -0.2) is 23.1 Å². The van der Waals surface area contributed by atoms with Crippen LogP contribution in [0.3, 0.4) is 0 Å². The molecule has 3 rings (SSSR count). The molecule has 0 aliphatic heterocycles. The number of imidazole rings is 1. The minimum atomic E-state index is -4.58. The number of benzene rings is 1. The fourth-order valence-corrected chi connectivity index (χ4v) is 4.07. The molecule has 1 aromatic carbocycles. The van der Waals surface area contributed by atoms with Crippen molar-refractivity contribution in [2.45, 2.75) is 37.5 Å².